The molecule has 1 fully saturated rings. The molecular weight excluding hydrogens is 304 g/mol. The van der Waals surface area contributed by atoms with Gasteiger partial charge in [0.05, 0.1) is 13.0 Å². The van der Waals surface area contributed by atoms with E-state index in [9.17, 15) is 9.59 Å². The Morgan fingerprint density at radius 1 is 0.958 bits per heavy atom. The first kappa shape index (κ1) is 20.7. The SMILES string of the molecule is C=C(CC(=O)OC1CCCC1)C(=O)OCCCCCCCCCC. The van der Waals surface area contributed by atoms with Gasteiger partial charge in [0, 0.05) is 5.57 Å². The molecule has 0 aromatic heterocycles. The second kappa shape index (κ2) is 13.0. The summed E-state index contributed by atoms with van der Waals surface area (Å²) < 4.78 is 10.5. The Bertz CT molecular complexity index is 383. The Balaban J connectivity index is 1.99. The van der Waals surface area contributed by atoms with Gasteiger partial charge in [-0.15, -0.1) is 0 Å². The Hall–Kier alpha value is -1.32. The molecule has 4 heteroatoms. The first-order valence-electron chi connectivity index (χ1n) is 9.68. The lowest BCUT2D eigenvalue weighted by molar-refractivity contribution is -0.150. The third-order valence-corrected chi connectivity index (χ3v) is 4.48. The molecule has 0 aromatic carbocycles. The van der Waals surface area contributed by atoms with Crippen LogP contribution in [-0.2, 0) is 19.1 Å². The van der Waals surface area contributed by atoms with Crippen molar-refractivity contribution in [3.05, 3.63) is 12.2 Å². The smallest absolute Gasteiger partial charge is 0.333 e. The molecule has 138 valence electrons. The van der Waals surface area contributed by atoms with E-state index in [0.29, 0.717) is 6.61 Å². The van der Waals surface area contributed by atoms with Crippen molar-refractivity contribution >= 4 is 11.9 Å². The minimum absolute atomic E-state index is 0.0265. The van der Waals surface area contributed by atoms with E-state index in [1.807, 2.05) is 0 Å². The summed E-state index contributed by atoms with van der Waals surface area (Å²) in [5, 5.41) is 0. The highest BCUT2D eigenvalue weighted by Crippen LogP contribution is 2.21. The largest absolute Gasteiger partial charge is 0.462 e. The van der Waals surface area contributed by atoms with Gasteiger partial charge in [0.1, 0.15) is 6.10 Å². The fourth-order valence-electron chi connectivity index (χ4n) is 2.98. The average Bonchev–Trinajstić information content (AvgIpc) is 3.05. The summed E-state index contributed by atoms with van der Waals surface area (Å²) in [5.74, 6) is -0.836. The Morgan fingerprint density at radius 2 is 1.54 bits per heavy atom. The highest BCUT2D eigenvalue weighted by atomic mass is 16.5. The van der Waals surface area contributed by atoms with Crippen molar-refractivity contribution in [2.75, 3.05) is 6.61 Å². The fraction of sp³-hybridized carbons (Fsp3) is 0.800. The monoisotopic (exact) mass is 338 g/mol. The van der Waals surface area contributed by atoms with Gasteiger partial charge in [0.25, 0.3) is 0 Å². The molecule has 0 aromatic rings. The summed E-state index contributed by atoms with van der Waals surface area (Å²) in [6, 6.07) is 0. The molecule has 0 atom stereocenters. The van der Waals surface area contributed by atoms with Crippen molar-refractivity contribution in [3.63, 3.8) is 0 Å². The first-order chi connectivity index (χ1) is 11.6. The van der Waals surface area contributed by atoms with Crippen LogP contribution in [0, 0.1) is 0 Å². The van der Waals surface area contributed by atoms with Crippen molar-refractivity contribution < 1.29 is 19.1 Å². The highest BCUT2D eigenvalue weighted by molar-refractivity contribution is 5.93. The van der Waals surface area contributed by atoms with Crippen LogP contribution in [-0.4, -0.2) is 24.6 Å². The number of unbranched alkanes of at least 4 members (excludes halogenated alkanes) is 7. The number of rotatable bonds is 13. The quantitative estimate of drug-likeness (QED) is 0.266. The lowest BCUT2D eigenvalue weighted by Crippen LogP contribution is -2.18. The topological polar surface area (TPSA) is 52.6 Å². The third kappa shape index (κ3) is 9.74. The molecule has 0 saturated heterocycles. The molecule has 0 heterocycles. The summed E-state index contributed by atoms with van der Waals surface area (Å²) in [6.45, 7) is 6.28. The minimum Gasteiger partial charge on any atom is -0.462 e. The normalized spacial score (nSPS) is 14.5. The van der Waals surface area contributed by atoms with E-state index < -0.39 is 5.97 Å². The summed E-state index contributed by atoms with van der Waals surface area (Å²) in [7, 11) is 0. The van der Waals surface area contributed by atoms with Gasteiger partial charge >= 0.3 is 11.9 Å². The molecule has 1 rings (SSSR count). The zero-order chi connectivity index (χ0) is 17.6. The number of ether oxygens (including phenoxy) is 2. The Morgan fingerprint density at radius 3 is 2.17 bits per heavy atom. The molecule has 0 aliphatic heterocycles. The van der Waals surface area contributed by atoms with Crippen molar-refractivity contribution in [2.24, 2.45) is 0 Å². The highest BCUT2D eigenvalue weighted by Gasteiger charge is 2.21. The van der Waals surface area contributed by atoms with Gasteiger partial charge in [-0.2, -0.15) is 0 Å². The van der Waals surface area contributed by atoms with Gasteiger partial charge in [-0.1, -0.05) is 58.4 Å². The van der Waals surface area contributed by atoms with Gasteiger partial charge in [-0.25, -0.2) is 4.79 Å². The summed E-state index contributed by atoms with van der Waals surface area (Å²) in [5.41, 5.74) is 0.192. The Labute approximate surface area is 147 Å². The number of hydrogen-bond donors (Lipinski definition) is 0. The molecule has 1 aliphatic carbocycles. The standard InChI is InChI=1S/C20H34O4/c1-3-4-5-6-7-8-9-12-15-23-20(22)17(2)16-19(21)24-18-13-10-11-14-18/h18H,2-16H2,1H3. The van der Waals surface area contributed by atoms with Crippen LogP contribution in [0.5, 0.6) is 0 Å². The summed E-state index contributed by atoms with van der Waals surface area (Å²) in [4.78, 5) is 23.5. The molecule has 0 spiro atoms. The maximum atomic E-state index is 11.8. The van der Waals surface area contributed by atoms with Crippen LogP contribution in [0.1, 0.15) is 90.4 Å². The number of hydrogen-bond acceptors (Lipinski definition) is 4. The molecule has 0 bridgehead atoms. The first-order valence-corrected chi connectivity index (χ1v) is 9.68. The second-order valence-corrected chi connectivity index (χ2v) is 6.79. The molecule has 0 amide bonds. The van der Waals surface area contributed by atoms with Crippen LogP contribution in [0.4, 0.5) is 0 Å². The maximum Gasteiger partial charge on any atom is 0.333 e. The van der Waals surface area contributed by atoms with Crippen LogP contribution in [0.3, 0.4) is 0 Å². The van der Waals surface area contributed by atoms with Gasteiger partial charge in [-0.05, 0) is 32.1 Å². The van der Waals surface area contributed by atoms with E-state index >= 15 is 0 Å². The average molecular weight is 338 g/mol. The summed E-state index contributed by atoms with van der Waals surface area (Å²) in [6.07, 6.45) is 13.7. The summed E-state index contributed by atoms with van der Waals surface area (Å²) >= 11 is 0. The van der Waals surface area contributed by atoms with Gasteiger partial charge < -0.3 is 9.47 Å². The van der Waals surface area contributed by atoms with Crippen LogP contribution < -0.4 is 0 Å². The van der Waals surface area contributed by atoms with Crippen molar-refractivity contribution in [3.8, 4) is 0 Å². The van der Waals surface area contributed by atoms with E-state index in [4.69, 9.17) is 9.47 Å². The van der Waals surface area contributed by atoms with Crippen molar-refractivity contribution in [1.82, 2.24) is 0 Å². The minimum atomic E-state index is -0.471. The number of carbonyl (C=O) groups is 2. The molecule has 1 aliphatic rings. The lowest BCUT2D eigenvalue weighted by Gasteiger charge is -2.12. The second-order valence-electron chi connectivity index (χ2n) is 6.79. The zero-order valence-corrected chi connectivity index (χ0v) is 15.3. The number of carbonyl (C=O) groups excluding carboxylic acids is 2. The van der Waals surface area contributed by atoms with Gasteiger partial charge in [0.2, 0.25) is 0 Å². The van der Waals surface area contributed by atoms with E-state index in [-0.39, 0.29) is 24.1 Å². The van der Waals surface area contributed by atoms with Gasteiger partial charge in [0.15, 0.2) is 0 Å². The molecule has 1 saturated carbocycles. The predicted octanol–water partition coefficient (Wildman–Crippen LogP) is 5.10. The fourth-order valence-corrected chi connectivity index (χ4v) is 2.98. The molecule has 0 radical (unpaired) electrons. The van der Waals surface area contributed by atoms with E-state index in [1.54, 1.807) is 0 Å². The molecule has 0 N–H and O–H groups in total. The van der Waals surface area contributed by atoms with Crippen LogP contribution in [0.25, 0.3) is 0 Å². The predicted molar refractivity (Wildman–Crippen MR) is 95.7 cm³/mol. The molecular formula is C20H34O4. The van der Waals surface area contributed by atoms with E-state index in [0.717, 1.165) is 38.5 Å². The molecule has 24 heavy (non-hydrogen) atoms. The van der Waals surface area contributed by atoms with E-state index in [1.165, 1.54) is 38.5 Å². The van der Waals surface area contributed by atoms with Gasteiger partial charge in [-0.3, -0.25) is 4.79 Å². The molecule has 0 unspecified atom stereocenters. The van der Waals surface area contributed by atoms with Crippen LogP contribution >= 0.6 is 0 Å². The van der Waals surface area contributed by atoms with Crippen LogP contribution in [0.15, 0.2) is 12.2 Å². The van der Waals surface area contributed by atoms with Crippen LogP contribution in [0.2, 0.25) is 0 Å². The third-order valence-electron chi connectivity index (χ3n) is 4.48. The Kier molecular flexibility index (Phi) is 11.2. The van der Waals surface area contributed by atoms with Crippen molar-refractivity contribution in [2.45, 2.75) is 96.5 Å². The van der Waals surface area contributed by atoms with Crippen molar-refractivity contribution in [1.29, 1.82) is 0 Å². The zero-order valence-electron chi connectivity index (χ0n) is 15.3. The molecule has 4 nitrogen and oxygen atoms in total. The lowest BCUT2D eigenvalue weighted by atomic mass is 10.1. The number of esters is 2. The van der Waals surface area contributed by atoms with E-state index in [2.05, 4.69) is 13.5 Å². The maximum absolute atomic E-state index is 11.8.